The summed E-state index contributed by atoms with van der Waals surface area (Å²) in [5.74, 6) is 1.37. The number of nitrogens with one attached hydrogen (secondary N) is 2. The van der Waals surface area contributed by atoms with E-state index in [0.29, 0.717) is 17.2 Å². The first-order chi connectivity index (χ1) is 13.5. The summed E-state index contributed by atoms with van der Waals surface area (Å²) >= 11 is 1.33. The highest BCUT2D eigenvalue weighted by molar-refractivity contribution is 7.20. The number of amides is 1. The van der Waals surface area contributed by atoms with Crippen LogP contribution in [0.15, 0.2) is 30.6 Å². The number of nitrogens with zero attached hydrogens (tertiary/aromatic N) is 2. The Morgan fingerprint density at radius 1 is 1.32 bits per heavy atom. The van der Waals surface area contributed by atoms with Gasteiger partial charge in [-0.1, -0.05) is 18.2 Å². The van der Waals surface area contributed by atoms with Gasteiger partial charge < -0.3 is 20.5 Å². The second kappa shape index (κ2) is 8.99. The summed E-state index contributed by atoms with van der Waals surface area (Å²) in [6, 6.07) is 7.61. The van der Waals surface area contributed by atoms with Crippen LogP contribution in [0.4, 0.5) is 5.82 Å². The van der Waals surface area contributed by atoms with Crippen molar-refractivity contribution in [1.82, 2.24) is 15.3 Å². The van der Waals surface area contributed by atoms with Crippen LogP contribution in [0, 0.1) is 6.92 Å². The third-order valence-electron chi connectivity index (χ3n) is 4.46. The molecule has 0 aliphatic carbocycles. The average Bonchev–Trinajstić information content (AvgIpc) is 3.06. The molecule has 2 heterocycles. The van der Waals surface area contributed by atoms with Crippen LogP contribution in [-0.2, 0) is 6.42 Å². The molecule has 1 atom stereocenters. The molecule has 7 nitrogen and oxygen atoms in total. The van der Waals surface area contributed by atoms with E-state index in [9.17, 15) is 4.79 Å². The van der Waals surface area contributed by atoms with Crippen LogP contribution in [0.25, 0.3) is 10.2 Å². The number of fused-ring (bicyclic) bond motifs is 1. The maximum atomic E-state index is 12.5. The standard InChI is InChI=1S/C20H24N4O3S/c1-12(10-25)24-19(26)17-13(2)16-18(22-11-23-20(16)28-17)21-9-8-14-6-4-5-7-15(14)27-3/h4-7,11-12,25H,8-10H2,1-3H3,(H,24,26)(H,21,22,23)/t12-/m0/s1. The zero-order valence-electron chi connectivity index (χ0n) is 16.2. The number of para-hydroxylation sites is 1. The molecule has 148 valence electrons. The molecule has 0 radical (unpaired) electrons. The monoisotopic (exact) mass is 400 g/mol. The van der Waals surface area contributed by atoms with Gasteiger partial charge in [-0.15, -0.1) is 11.3 Å². The Morgan fingerprint density at radius 3 is 2.86 bits per heavy atom. The highest BCUT2D eigenvalue weighted by Gasteiger charge is 2.20. The van der Waals surface area contributed by atoms with Gasteiger partial charge in [0.2, 0.25) is 0 Å². The van der Waals surface area contributed by atoms with Crippen molar-refractivity contribution >= 4 is 33.3 Å². The average molecular weight is 401 g/mol. The van der Waals surface area contributed by atoms with Crippen LogP contribution in [0.3, 0.4) is 0 Å². The van der Waals surface area contributed by atoms with E-state index < -0.39 is 0 Å². The van der Waals surface area contributed by atoms with Gasteiger partial charge in [0.25, 0.3) is 5.91 Å². The van der Waals surface area contributed by atoms with Crippen molar-refractivity contribution in [3.63, 3.8) is 0 Å². The normalized spacial score (nSPS) is 12.0. The minimum Gasteiger partial charge on any atom is -0.496 e. The molecule has 0 saturated carbocycles. The third-order valence-corrected chi connectivity index (χ3v) is 5.66. The fourth-order valence-electron chi connectivity index (χ4n) is 2.98. The highest BCUT2D eigenvalue weighted by Crippen LogP contribution is 2.33. The lowest BCUT2D eigenvalue weighted by Gasteiger charge is -2.11. The van der Waals surface area contributed by atoms with Gasteiger partial charge in [0, 0.05) is 12.6 Å². The molecule has 1 amide bonds. The molecule has 3 aromatic rings. The fourth-order valence-corrected chi connectivity index (χ4v) is 4.03. The third kappa shape index (κ3) is 4.23. The predicted octanol–water partition coefficient (Wildman–Crippen LogP) is 2.77. The number of rotatable bonds is 8. The minimum absolute atomic E-state index is 0.106. The molecule has 0 spiro atoms. The number of ether oxygens (including phenoxy) is 1. The van der Waals surface area contributed by atoms with Crippen molar-refractivity contribution < 1.29 is 14.6 Å². The predicted molar refractivity (Wildman–Crippen MR) is 111 cm³/mol. The first-order valence-electron chi connectivity index (χ1n) is 9.06. The molecule has 3 N–H and O–H groups in total. The summed E-state index contributed by atoms with van der Waals surface area (Å²) in [5.41, 5.74) is 1.95. The number of methoxy groups -OCH3 is 1. The number of anilines is 1. The van der Waals surface area contributed by atoms with Crippen LogP contribution < -0.4 is 15.4 Å². The molecule has 0 aliphatic rings. The number of aryl methyl sites for hydroxylation is 1. The summed E-state index contributed by atoms with van der Waals surface area (Å²) in [4.78, 5) is 22.5. The summed E-state index contributed by atoms with van der Waals surface area (Å²) in [5, 5.41) is 16.2. The number of carbonyl (C=O) groups excluding carboxylic acids is 1. The van der Waals surface area contributed by atoms with Crippen molar-refractivity contribution in [2.45, 2.75) is 26.3 Å². The number of benzene rings is 1. The molecule has 28 heavy (non-hydrogen) atoms. The van der Waals surface area contributed by atoms with Crippen LogP contribution in [-0.4, -0.2) is 47.3 Å². The zero-order valence-corrected chi connectivity index (χ0v) is 17.0. The fraction of sp³-hybridized carbons (Fsp3) is 0.350. The molecule has 2 aromatic heterocycles. The quantitative estimate of drug-likeness (QED) is 0.538. The molecule has 0 unspecified atom stereocenters. The summed E-state index contributed by atoms with van der Waals surface area (Å²) < 4.78 is 5.39. The van der Waals surface area contributed by atoms with Crippen molar-refractivity contribution in [3.8, 4) is 5.75 Å². The molecule has 0 aliphatic heterocycles. The summed E-state index contributed by atoms with van der Waals surface area (Å²) in [6.45, 7) is 4.22. The Hall–Kier alpha value is -2.71. The maximum absolute atomic E-state index is 12.5. The van der Waals surface area contributed by atoms with Crippen LogP contribution in [0.5, 0.6) is 5.75 Å². The van der Waals surface area contributed by atoms with E-state index in [2.05, 4.69) is 20.6 Å². The lowest BCUT2D eigenvalue weighted by atomic mass is 10.1. The Labute approximate surface area is 167 Å². The topological polar surface area (TPSA) is 96.4 Å². The number of aliphatic hydroxyl groups excluding tert-OH is 1. The molecular weight excluding hydrogens is 376 g/mol. The van der Waals surface area contributed by atoms with Gasteiger partial charge in [-0.25, -0.2) is 9.97 Å². The molecular formula is C20H24N4O3S. The van der Waals surface area contributed by atoms with E-state index in [1.807, 2.05) is 31.2 Å². The Bertz CT molecular complexity index is 973. The number of thiophene rings is 1. The molecule has 0 fully saturated rings. The Kier molecular flexibility index (Phi) is 6.43. The van der Waals surface area contributed by atoms with Gasteiger partial charge in [-0.2, -0.15) is 0 Å². The number of hydrogen-bond acceptors (Lipinski definition) is 7. The second-order valence-electron chi connectivity index (χ2n) is 6.50. The van der Waals surface area contributed by atoms with E-state index in [1.54, 1.807) is 14.0 Å². The molecule has 3 rings (SSSR count). The van der Waals surface area contributed by atoms with Gasteiger partial charge >= 0.3 is 0 Å². The van der Waals surface area contributed by atoms with Crippen LogP contribution in [0.2, 0.25) is 0 Å². The number of aliphatic hydroxyl groups is 1. The lowest BCUT2D eigenvalue weighted by Crippen LogP contribution is -2.34. The lowest BCUT2D eigenvalue weighted by molar-refractivity contribution is 0.0926. The van der Waals surface area contributed by atoms with Crippen molar-refractivity contribution in [2.75, 3.05) is 25.6 Å². The summed E-state index contributed by atoms with van der Waals surface area (Å²) in [7, 11) is 1.67. The van der Waals surface area contributed by atoms with E-state index in [-0.39, 0.29) is 18.6 Å². The van der Waals surface area contributed by atoms with Gasteiger partial charge in [0.15, 0.2) is 0 Å². The summed E-state index contributed by atoms with van der Waals surface area (Å²) in [6.07, 6.45) is 2.28. The first kappa shape index (κ1) is 20.0. The van der Waals surface area contributed by atoms with Crippen LogP contribution >= 0.6 is 11.3 Å². The molecule has 1 aromatic carbocycles. The largest absolute Gasteiger partial charge is 0.496 e. The Balaban J connectivity index is 1.79. The van der Waals surface area contributed by atoms with Crippen molar-refractivity contribution in [3.05, 3.63) is 46.6 Å². The Morgan fingerprint density at radius 2 is 2.11 bits per heavy atom. The van der Waals surface area contributed by atoms with E-state index >= 15 is 0 Å². The highest BCUT2D eigenvalue weighted by atomic mass is 32.1. The smallest absolute Gasteiger partial charge is 0.262 e. The molecule has 8 heteroatoms. The van der Waals surface area contributed by atoms with E-state index in [0.717, 1.165) is 33.5 Å². The number of aromatic nitrogens is 2. The number of hydrogen-bond donors (Lipinski definition) is 3. The maximum Gasteiger partial charge on any atom is 0.262 e. The molecule has 0 saturated heterocycles. The van der Waals surface area contributed by atoms with Gasteiger partial charge in [-0.3, -0.25) is 4.79 Å². The van der Waals surface area contributed by atoms with E-state index in [4.69, 9.17) is 9.84 Å². The van der Waals surface area contributed by atoms with Gasteiger partial charge in [-0.05, 0) is 37.5 Å². The minimum atomic E-state index is -0.304. The van der Waals surface area contributed by atoms with Gasteiger partial charge in [0.1, 0.15) is 22.7 Å². The van der Waals surface area contributed by atoms with Crippen molar-refractivity contribution in [2.24, 2.45) is 0 Å². The van der Waals surface area contributed by atoms with Crippen molar-refractivity contribution in [1.29, 1.82) is 0 Å². The van der Waals surface area contributed by atoms with Crippen LogP contribution in [0.1, 0.15) is 27.7 Å². The zero-order chi connectivity index (χ0) is 20.1. The van der Waals surface area contributed by atoms with Gasteiger partial charge in [0.05, 0.1) is 24.0 Å². The SMILES string of the molecule is COc1ccccc1CCNc1ncnc2sc(C(=O)N[C@@H](C)CO)c(C)c12. The molecule has 0 bridgehead atoms. The number of carbonyl (C=O) groups is 1. The first-order valence-corrected chi connectivity index (χ1v) is 9.88. The second-order valence-corrected chi connectivity index (χ2v) is 7.50. The van der Waals surface area contributed by atoms with E-state index in [1.165, 1.54) is 17.7 Å².